The van der Waals surface area contributed by atoms with Crippen LogP contribution in [-0.2, 0) is 47.4 Å². The van der Waals surface area contributed by atoms with E-state index in [1.165, 1.54) is 28.4 Å². The van der Waals surface area contributed by atoms with Crippen LogP contribution in [0.25, 0.3) is 77.7 Å². The molecule has 5 saturated heterocycles. The molecule has 0 radical (unpaired) electrons. The van der Waals surface area contributed by atoms with E-state index in [4.69, 9.17) is 28.5 Å². The molecule has 0 spiro atoms. The van der Waals surface area contributed by atoms with Gasteiger partial charge in [0.25, 0.3) is 0 Å². The number of amides is 8. The molecule has 5 aliphatic heterocycles. The Morgan fingerprint density at radius 2 is 0.627 bits per heavy atom. The third-order valence-corrected chi connectivity index (χ3v) is 25.4. The maximum Gasteiger partial charge on any atom is 0.494 e. The van der Waals surface area contributed by atoms with Gasteiger partial charge < -0.3 is 89.1 Å². The Bertz CT molecular complexity index is 5530. The van der Waals surface area contributed by atoms with Crippen molar-refractivity contribution in [2.45, 2.75) is 194 Å². The van der Waals surface area contributed by atoms with Gasteiger partial charge in [0.2, 0.25) is 23.6 Å². The van der Waals surface area contributed by atoms with Crippen molar-refractivity contribution in [1.82, 2.24) is 80.7 Å². The monoisotopic (exact) mass is 1780 g/mol. The number of likely N-dealkylation sites (tertiary alicyclic amines) is 4. The molecule has 0 aliphatic carbocycles. The number of fused-ring (bicyclic) bond motifs is 2. The fraction of sp³-hybridized carbons (Fsp3) is 0.447. The lowest BCUT2D eigenvalue weighted by molar-refractivity contribution is -0.136. The number of carbonyl (C=O) groups is 8. The Hall–Kier alpha value is -11.9. The van der Waals surface area contributed by atoms with Crippen LogP contribution in [0.5, 0.6) is 0 Å². The summed E-state index contributed by atoms with van der Waals surface area (Å²) >= 11 is 3.44. The first kappa shape index (κ1) is 91.8. The maximum absolute atomic E-state index is 13.6. The summed E-state index contributed by atoms with van der Waals surface area (Å²) in [6, 6.07) is 38.2. The molecule has 0 bridgehead atoms. The number of alkyl carbamates (subject to hydrolysis) is 4. The van der Waals surface area contributed by atoms with Crippen LogP contribution in [0.4, 0.5) is 19.2 Å². The highest BCUT2D eigenvalue weighted by Gasteiger charge is 2.52. The van der Waals surface area contributed by atoms with Crippen LogP contribution in [-0.4, -0.2) is 205 Å². The van der Waals surface area contributed by atoms with E-state index in [9.17, 15) is 38.4 Å². The standard InChI is InChI=1S/C44H52N8O6.C30H39BN4O5.C20H25BrN4O3/c1-25(2)37(49-43(55)57-5)41(53)51-19-7-9-35(51)39-45-23-33(47-39)28-13-11-27(12-14-28)29-15-16-31-22-32(18-17-30(31)21-29)34-24-46-40(48-34)36-10-8-20-52(36)42(54)38(26(3)4)50-44(56)58-6;1-18(2)25(34-28(37)38-7)27(36)35-14-8-9-24(35)26-32-17-23(33-26)21-11-10-20-16-22(13-12-19(20)15-21)31-39-29(3,4)30(5,6)40-31;1-12(2)17(24-20(27)28-3)19(26)25-10-4-5-16(25)18-22-11-15(23-18)13-6-8-14(21)9-7-13/h11-18,21-26,35-38H,7-10,19-20H2,1-6H3,(H,45,47)(H,46,48)(H,49,55)(H,50,56);10-13,15-18,24-25H,8-9,14H2,1-7H3,(H,32,33)(H,34,37);6-9,11-12,16-17H,4-5,10H2,1-3H3,(H,22,23)(H,24,27)/t35-,36-,37-,38-;24-,25-;16-,17-/m000/s1. The number of nitrogens with zero attached hydrogens (tertiary/aromatic N) is 8. The summed E-state index contributed by atoms with van der Waals surface area (Å²) in [6.07, 6.45) is 11.5. The second-order valence-electron chi connectivity index (χ2n) is 35.2. The summed E-state index contributed by atoms with van der Waals surface area (Å²) < 4.78 is 32.4. The van der Waals surface area contributed by atoms with Gasteiger partial charge in [0, 0.05) is 41.8 Å². The van der Waals surface area contributed by atoms with Crippen LogP contribution in [0.2, 0.25) is 0 Å². The molecule has 4 aromatic heterocycles. The largest absolute Gasteiger partial charge is 0.494 e. The number of methoxy groups -OCH3 is 4. The number of aromatic amines is 4. The zero-order valence-electron chi connectivity index (χ0n) is 74.5. The van der Waals surface area contributed by atoms with Gasteiger partial charge in [-0.05, 0) is 182 Å². The minimum atomic E-state index is -0.688. The van der Waals surface area contributed by atoms with Crippen molar-refractivity contribution in [3.8, 4) is 56.2 Å². The SMILES string of the molecule is COC(=O)N[C@H](C(=O)N1CCC[C@H]1c1ncc(-c2ccc(-c3ccc4cc(-c5cnc([C@@H]6CCCN6C(=O)[C@@H](NC(=O)OC)C(C)C)[nH]5)ccc4c3)cc2)[nH]1)C(C)C.COC(=O)N[C@H](C(=O)N1CCC[C@H]1c1ncc(-c2ccc(Br)cc2)[nH]1)C(C)C.COC(=O)N[C@H](C(=O)N1CCC[C@H]1c1ncc(-c2ccc3cc(B4OC(C)(C)C(C)(C)O4)ccc3c2)[nH]1)C(C)C. The first-order valence-corrected chi connectivity index (χ1v) is 44.2. The zero-order valence-corrected chi connectivity index (χ0v) is 76.1. The average Bonchev–Trinajstić information content (AvgIpc) is 1.62. The number of hydrogen-bond donors (Lipinski definition) is 8. The number of hydrogen-bond acceptors (Lipinski definition) is 18. The van der Waals surface area contributed by atoms with Crippen LogP contribution in [0.1, 0.15) is 182 Å². The molecule has 32 heteroatoms. The summed E-state index contributed by atoms with van der Waals surface area (Å²) in [6.45, 7) is 25.9. The van der Waals surface area contributed by atoms with Crippen molar-refractivity contribution in [2.24, 2.45) is 23.7 Å². The number of rotatable bonds is 22. The van der Waals surface area contributed by atoms with E-state index in [-0.39, 0.29) is 82.7 Å². The Balaban J connectivity index is 0.000000173. The molecule has 8 amide bonds. The van der Waals surface area contributed by atoms with E-state index in [1.54, 1.807) is 6.20 Å². The minimum Gasteiger partial charge on any atom is -0.453 e. The number of carbonyl (C=O) groups excluding carboxylic acids is 8. The van der Waals surface area contributed by atoms with Gasteiger partial charge in [-0.2, -0.15) is 0 Å². The minimum absolute atomic E-state index is 0.0530. The molecule has 666 valence electrons. The third-order valence-electron chi connectivity index (χ3n) is 24.9. The van der Waals surface area contributed by atoms with E-state index < -0.39 is 55.7 Å². The smallest absolute Gasteiger partial charge is 0.453 e. The van der Waals surface area contributed by atoms with E-state index in [0.717, 1.165) is 162 Å². The van der Waals surface area contributed by atoms with Crippen LogP contribution in [0.3, 0.4) is 0 Å². The lowest BCUT2D eigenvalue weighted by atomic mass is 9.78. The third kappa shape index (κ3) is 20.6. The summed E-state index contributed by atoms with van der Waals surface area (Å²) in [7, 11) is 4.77. The van der Waals surface area contributed by atoms with Crippen molar-refractivity contribution in [3.63, 3.8) is 0 Å². The first-order chi connectivity index (χ1) is 60.2. The zero-order chi connectivity index (χ0) is 90.2. The van der Waals surface area contributed by atoms with Gasteiger partial charge in [0.15, 0.2) is 0 Å². The molecule has 8 N–H and O–H groups in total. The quantitative estimate of drug-likeness (QED) is 0.0231. The molecule has 15 rings (SSSR count). The number of halogens is 1. The van der Waals surface area contributed by atoms with Gasteiger partial charge in [0.1, 0.15) is 47.5 Å². The van der Waals surface area contributed by atoms with Crippen LogP contribution < -0.4 is 26.7 Å². The Morgan fingerprint density at radius 1 is 0.373 bits per heavy atom. The van der Waals surface area contributed by atoms with Crippen LogP contribution >= 0.6 is 15.9 Å². The first-order valence-electron chi connectivity index (χ1n) is 43.4. The number of imidazole rings is 4. The normalized spacial score (nSPS) is 18.7. The summed E-state index contributed by atoms with van der Waals surface area (Å²) in [4.78, 5) is 141. The van der Waals surface area contributed by atoms with Gasteiger partial charge in [-0.1, -0.05) is 162 Å². The number of nitrogens with one attached hydrogen (secondary N) is 8. The van der Waals surface area contributed by atoms with Crippen LogP contribution in [0, 0.1) is 23.7 Å². The van der Waals surface area contributed by atoms with Gasteiger partial charge in [0.05, 0.1) is 111 Å². The van der Waals surface area contributed by atoms with Gasteiger partial charge in [-0.15, -0.1) is 0 Å². The predicted molar refractivity (Wildman–Crippen MR) is 485 cm³/mol. The lowest BCUT2D eigenvalue weighted by Crippen LogP contribution is -2.51. The fourth-order valence-electron chi connectivity index (χ4n) is 17.0. The molecule has 8 atom stereocenters. The molecule has 5 aliphatic rings. The highest BCUT2D eigenvalue weighted by Crippen LogP contribution is 2.41. The Morgan fingerprint density at radius 3 is 0.929 bits per heavy atom. The second-order valence-corrected chi connectivity index (χ2v) is 36.1. The molecule has 10 aromatic rings. The van der Waals surface area contributed by atoms with Gasteiger partial charge >= 0.3 is 31.5 Å². The average molecular weight is 1780 g/mol. The number of H-pyrrole nitrogens is 4. The number of ether oxygens (including phenoxy) is 4. The molecular weight excluding hydrogens is 1670 g/mol. The molecule has 6 aromatic carbocycles. The molecule has 126 heavy (non-hydrogen) atoms. The van der Waals surface area contributed by atoms with E-state index in [2.05, 4.69) is 202 Å². The molecule has 9 heterocycles. The Kier molecular flexibility index (Phi) is 29.0. The lowest BCUT2D eigenvalue weighted by Gasteiger charge is -2.32. The second kappa shape index (κ2) is 39.7. The van der Waals surface area contributed by atoms with Crippen molar-refractivity contribution in [2.75, 3.05) is 54.6 Å². The van der Waals surface area contributed by atoms with Gasteiger partial charge in [-0.25, -0.2) is 39.1 Å². The van der Waals surface area contributed by atoms with Crippen molar-refractivity contribution < 1.29 is 66.6 Å². The van der Waals surface area contributed by atoms with E-state index in [0.29, 0.717) is 26.2 Å². The van der Waals surface area contributed by atoms with E-state index in [1.807, 2.05) is 118 Å². The predicted octanol–water partition coefficient (Wildman–Crippen LogP) is 15.8. The Labute approximate surface area is 743 Å². The molecule has 0 unspecified atom stereocenters. The number of aromatic nitrogens is 8. The van der Waals surface area contributed by atoms with Gasteiger partial charge in [-0.3, -0.25) is 19.2 Å². The molecule has 5 fully saturated rings. The molecular formula is C94H116BBrN16O14. The molecule has 0 saturated carbocycles. The summed E-state index contributed by atoms with van der Waals surface area (Å²) in [5, 5.41) is 15.1. The number of benzene rings is 6. The highest BCUT2D eigenvalue weighted by molar-refractivity contribution is 9.10. The topological polar surface area (TPSA) is 368 Å². The molecule has 30 nitrogen and oxygen atoms in total. The van der Waals surface area contributed by atoms with Crippen LogP contribution in [0.15, 0.2) is 151 Å². The van der Waals surface area contributed by atoms with E-state index >= 15 is 0 Å². The highest BCUT2D eigenvalue weighted by atomic mass is 79.9. The maximum atomic E-state index is 13.6. The van der Waals surface area contributed by atoms with Crippen molar-refractivity contribution >= 4 is 98.1 Å². The van der Waals surface area contributed by atoms with Crippen molar-refractivity contribution in [3.05, 3.63) is 174 Å². The summed E-state index contributed by atoms with van der Waals surface area (Å²) in [5.74, 6) is 2.13. The fourth-order valence-corrected chi connectivity index (χ4v) is 17.3. The van der Waals surface area contributed by atoms with Crippen molar-refractivity contribution in [1.29, 1.82) is 0 Å². The summed E-state index contributed by atoms with van der Waals surface area (Å²) in [5.41, 5.74) is 9.95.